The molecule has 1 aromatic rings. The monoisotopic (exact) mass is 462 g/mol. The molecule has 2 nitrogen and oxygen atoms in total. The van der Waals surface area contributed by atoms with Gasteiger partial charge in [-0.15, -0.1) is 0 Å². The Balaban J connectivity index is 3.46. The lowest BCUT2D eigenvalue weighted by molar-refractivity contribution is 0.204. The molecule has 1 aromatic carbocycles. The van der Waals surface area contributed by atoms with Gasteiger partial charge in [0.25, 0.3) is 0 Å². The highest BCUT2D eigenvalue weighted by Crippen LogP contribution is 2.47. The topological polar surface area (TPSA) is 18.5 Å². The lowest BCUT2D eigenvalue weighted by atomic mass is 9.97. The standard InChI is InChI=1S/C27H50O2Si2/c1-19(2)26(29-31(20(3)4,21(5)6)22(7)8)25-16-15-23(9)17-24(25)18-28-30(13,14)27(10,11)12/h15-17,20-22,26H,1,18H2,2-14H3. The Labute approximate surface area is 196 Å². The van der Waals surface area contributed by atoms with E-state index in [4.69, 9.17) is 8.85 Å². The molecule has 178 valence electrons. The van der Waals surface area contributed by atoms with Crippen molar-refractivity contribution in [3.63, 3.8) is 0 Å². The Morgan fingerprint density at radius 3 is 1.84 bits per heavy atom. The molecule has 0 bridgehead atoms. The molecule has 0 saturated carbocycles. The van der Waals surface area contributed by atoms with E-state index in [1.165, 1.54) is 16.7 Å². The van der Waals surface area contributed by atoms with Crippen molar-refractivity contribution in [1.29, 1.82) is 0 Å². The molecule has 1 rings (SSSR count). The van der Waals surface area contributed by atoms with Gasteiger partial charge >= 0.3 is 0 Å². The fourth-order valence-electron chi connectivity index (χ4n) is 4.63. The first-order valence-corrected chi connectivity index (χ1v) is 17.1. The largest absolute Gasteiger partial charge is 0.413 e. The maximum atomic E-state index is 7.24. The van der Waals surface area contributed by atoms with Crippen LogP contribution in [0.2, 0.25) is 34.8 Å². The van der Waals surface area contributed by atoms with Crippen LogP contribution in [-0.4, -0.2) is 16.6 Å². The molecule has 0 heterocycles. The van der Waals surface area contributed by atoms with Crippen LogP contribution in [0, 0.1) is 6.92 Å². The van der Waals surface area contributed by atoms with Gasteiger partial charge in [0, 0.05) is 0 Å². The zero-order valence-corrected chi connectivity index (χ0v) is 24.8. The van der Waals surface area contributed by atoms with E-state index < -0.39 is 16.6 Å². The van der Waals surface area contributed by atoms with Gasteiger partial charge in [0.1, 0.15) is 0 Å². The molecule has 0 saturated heterocycles. The van der Waals surface area contributed by atoms with Crippen molar-refractivity contribution >= 4 is 16.6 Å². The second-order valence-electron chi connectivity index (χ2n) is 11.9. The zero-order chi connectivity index (χ0) is 24.4. The third-order valence-corrected chi connectivity index (χ3v) is 18.0. The third kappa shape index (κ3) is 6.43. The van der Waals surface area contributed by atoms with E-state index in [9.17, 15) is 0 Å². The molecule has 0 aliphatic carbocycles. The van der Waals surface area contributed by atoms with Crippen molar-refractivity contribution in [3.05, 3.63) is 47.0 Å². The van der Waals surface area contributed by atoms with Gasteiger partial charge in [0.2, 0.25) is 8.32 Å². The Morgan fingerprint density at radius 2 is 1.45 bits per heavy atom. The normalized spacial score (nSPS) is 14.6. The average molecular weight is 463 g/mol. The smallest absolute Gasteiger partial charge is 0.201 e. The second kappa shape index (κ2) is 10.5. The van der Waals surface area contributed by atoms with Crippen LogP contribution in [0.1, 0.15) is 92.0 Å². The van der Waals surface area contributed by atoms with Gasteiger partial charge in [-0.25, -0.2) is 0 Å². The van der Waals surface area contributed by atoms with E-state index in [1.807, 2.05) is 0 Å². The molecule has 0 amide bonds. The second-order valence-corrected chi connectivity index (χ2v) is 22.1. The number of benzene rings is 1. The Morgan fingerprint density at radius 1 is 0.968 bits per heavy atom. The maximum absolute atomic E-state index is 7.24. The molecule has 0 N–H and O–H groups in total. The molecule has 0 fully saturated rings. The Hall–Kier alpha value is -0.686. The number of hydrogen-bond acceptors (Lipinski definition) is 2. The van der Waals surface area contributed by atoms with Gasteiger partial charge in [-0.3, -0.25) is 0 Å². The molecule has 0 aromatic heterocycles. The lowest BCUT2D eigenvalue weighted by Crippen LogP contribution is -2.48. The fraction of sp³-hybridized carbons (Fsp3) is 0.704. The summed E-state index contributed by atoms with van der Waals surface area (Å²) in [6, 6.07) is 6.73. The van der Waals surface area contributed by atoms with Crippen LogP contribution < -0.4 is 0 Å². The lowest BCUT2D eigenvalue weighted by Gasteiger charge is -2.45. The maximum Gasteiger partial charge on any atom is 0.201 e. The number of hydrogen-bond donors (Lipinski definition) is 0. The van der Waals surface area contributed by atoms with E-state index in [0.717, 1.165) is 5.57 Å². The van der Waals surface area contributed by atoms with Crippen LogP contribution in [0.25, 0.3) is 0 Å². The summed E-state index contributed by atoms with van der Waals surface area (Å²) in [6.45, 7) is 34.9. The van der Waals surface area contributed by atoms with Gasteiger partial charge in [-0.2, -0.15) is 0 Å². The Bertz CT molecular complexity index is 720. The fourth-order valence-corrected chi connectivity index (χ4v) is 11.1. The summed E-state index contributed by atoms with van der Waals surface area (Å²) in [5, 5.41) is 0.191. The van der Waals surface area contributed by atoms with Crippen molar-refractivity contribution in [2.45, 2.75) is 124 Å². The van der Waals surface area contributed by atoms with Gasteiger partial charge < -0.3 is 8.85 Å². The highest BCUT2D eigenvalue weighted by Gasteiger charge is 2.47. The summed E-state index contributed by atoms with van der Waals surface area (Å²) in [7, 11) is -3.90. The highest BCUT2D eigenvalue weighted by molar-refractivity contribution is 6.77. The quantitative estimate of drug-likeness (QED) is 0.255. The van der Waals surface area contributed by atoms with Gasteiger partial charge in [0.15, 0.2) is 8.32 Å². The predicted octanol–water partition coefficient (Wildman–Crippen LogP) is 9.33. The molecule has 1 unspecified atom stereocenters. The van der Waals surface area contributed by atoms with Gasteiger partial charge in [-0.05, 0) is 65.3 Å². The van der Waals surface area contributed by atoms with Crippen LogP contribution in [-0.2, 0) is 15.5 Å². The first-order chi connectivity index (χ1) is 14.0. The van der Waals surface area contributed by atoms with Gasteiger partial charge in [-0.1, -0.05) is 92.7 Å². The number of rotatable bonds is 10. The molecule has 31 heavy (non-hydrogen) atoms. The predicted molar refractivity (Wildman–Crippen MR) is 143 cm³/mol. The summed E-state index contributed by atoms with van der Waals surface area (Å²) in [6.07, 6.45) is -0.0857. The third-order valence-electron chi connectivity index (χ3n) is 7.45. The average Bonchev–Trinajstić information content (AvgIpc) is 2.59. The van der Waals surface area contributed by atoms with Crippen LogP contribution in [0.3, 0.4) is 0 Å². The summed E-state index contributed by atoms with van der Waals surface area (Å²) < 4.78 is 13.9. The van der Waals surface area contributed by atoms with Crippen LogP contribution in [0.15, 0.2) is 30.4 Å². The van der Waals surface area contributed by atoms with Crippen molar-refractivity contribution in [2.75, 3.05) is 0 Å². The van der Waals surface area contributed by atoms with Crippen molar-refractivity contribution in [1.82, 2.24) is 0 Å². The molecule has 0 spiro atoms. The highest BCUT2D eigenvalue weighted by atomic mass is 28.4. The summed E-state index contributed by atoms with van der Waals surface area (Å²) in [5.74, 6) is 0. The minimum absolute atomic E-state index is 0.0857. The first kappa shape index (κ1) is 28.3. The molecular weight excluding hydrogens is 412 g/mol. The van der Waals surface area contributed by atoms with Crippen LogP contribution >= 0.6 is 0 Å². The van der Waals surface area contributed by atoms with E-state index in [-0.39, 0.29) is 11.1 Å². The summed E-state index contributed by atoms with van der Waals surface area (Å²) >= 11 is 0. The summed E-state index contributed by atoms with van der Waals surface area (Å²) in [5.41, 5.74) is 6.42. The Kier molecular flexibility index (Phi) is 9.60. The molecule has 0 aliphatic heterocycles. The van der Waals surface area contributed by atoms with E-state index in [0.29, 0.717) is 23.2 Å². The van der Waals surface area contributed by atoms with Crippen molar-refractivity contribution in [2.24, 2.45) is 0 Å². The number of aryl methyl sites for hydroxylation is 1. The van der Waals surface area contributed by atoms with Crippen LogP contribution in [0.5, 0.6) is 0 Å². The first-order valence-electron chi connectivity index (χ1n) is 12.0. The molecule has 0 radical (unpaired) electrons. The van der Waals surface area contributed by atoms with E-state index in [1.54, 1.807) is 0 Å². The van der Waals surface area contributed by atoms with Crippen LogP contribution in [0.4, 0.5) is 0 Å². The minimum atomic E-state index is -2.06. The summed E-state index contributed by atoms with van der Waals surface area (Å²) in [4.78, 5) is 0. The molecule has 4 heteroatoms. The SMILES string of the molecule is C=C(C)C(O[Si](C(C)C)(C(C)C)C(C)C)c1ccc(C)cc1CO[Si](C)(C)C(C)(C)C. The van der Waals surface area contributed by atoms with E-state index in [2.05, 4.69) is 114 Å². The van der Waals surface area contributed by atoms with Crippen molar-refractivity contribution < 1.29 is 8.85 Å². The van der Waals surface area contributed by atoms with Gasteiger partial charge in [0.05, 0.1) is 12.7 Å². The zero-order valence-electron chi connectivity index (χ0n) is 22.8. The van der Waals surface area contributed by atoms with Crippen molar-refractivity contribution in [3.8, 4) is 0 Å². The van der Waals surface area contributed by atoms with E-state index >= 15 is 0 Å². The molecule has 0 aliphatic rings. The minimum Gasteiger partial charge on any atom is -0.413 e. The molecular formula is C27H50O2Si2. The molecule has 1 atom stereocenters.